The van der Waals surface area contributed by atoms with Crippen molar-refractivity contribution in [3.8, 4) is 0 Å². The fraction of sp³-hybridized carbons (Fsp3) is 0.684. The molecule has 0 aromatic carbocycles. The molecule has 2 rings (SSSR count). The van der Waals surface area contributed by atoms with E-state index in [0.717, 1.165) is 12.3 Å². The molecular weight excluding hydrogens is 434 g/mol. The molecule has 0 aliphatic carbocycles. The van der Waals surface area contributed by atoms with Crippen molar-refractivity contribution in [3.05, 3.63) is 22.7 Å². The largest absolute Gasteiger partial charge is 0.444 e. The van der Waals surface area contributed by atoms with Gasteiger partial charge in [0, 0.05) is 6.20 Å². The number of ether oxygens (including phenoxy) is 2. The second-order valence-corrected chi connectivity index (χ2v) is 8.69. The fourth-order valence-electron chi connectivity index (χ4n) is 2.95. The first-order chi connectivity index (χ1) is 14.7. The van der Waals surface area contributed by atoms with E-state index in [-0.39, 0.29) is 11.7 Å². The molecule has 1 aliphatic rings. The van der Waals surface area contributed by atoms with Gasteiger partial charge in [0.2, 0.25) is 12.1 Å². The SMILES string of the molecule is CC(C)C(NC(=O)OC(C)(C)C)C(=O)Nc1ccn([C@@H]2O[C@H](CO)[C@@H](O)C2(F)F)c(=O)n1. The maximum Gasteiger partial charge on any atom is 0.408 e. The molecule has 2 amide bonds. The van der Waals surface area contributed by atoms with E-state index in [0.29, 0.717) is 4.57 Å². The van der Waals surface area contributed by atoms with Gasteiger partial charge in [-0.2, -0.15) is 13.8 Å². The zero-order chi connectivity index (χ0) is 24.4. The molecular formula is C19H28F2N4O7. The van der Waals surface area contributed by atoms with Crippen LogP contribution < -0.4 is 16.3 Å². The van der Waals surface area contributed by atoms with Crippen LogP contribution >= 0.6 is 0 Å². The summed E-state index contributed by atoms with van der Waals surface area (Å²) in [4.78, 5) is 40.5. The average molecular weight is 462 g/mol. The van der Waals surface area contributed by atoms with E-state index in [9.17, 15) is 28.3 Å². The minimum absolute atomic E-state index is 0.242. The summed E-state index contributed by atoms with van der Waals surface area (Å²) >= 11 is 0. The number of anilines is 1. The monoisotopic (exact) mass is 462 g/mol. The van der Waals surface area contributed by atoms with Crippen molar-refractivity contribution >= 4 is 17.8 Å². The van der Waals surface area contributed by atoms with Gasteiger partial charge in [-0.1, -0.05) is 13.8 Å². The van der Waals surface area contributed by atoms with Gasteiger partial charge >= 0.3 is 17.7 Å². The molecule has 180 valence electrons. The molecule has 0 saturated carbocycles. The summed E-state index contributed by atoms with van der Waals surface area (Å²) in [6.07, 6.45) is -5.97. The summed E-state index contributed by atoms with van der Waals surface area (Å²) < 4.78 is 39.0. The van der Waals surface area contributed by atoms with Gasteiger partial charge in [-0.3, -0.25) is 9.36 Å². The Morgan fingerprint density at radius 3 is 2.47 bits per heavy atom. The first-order valence-corrected chi connectivity index (χ1v) is 9.89. The lowest BCUT2D eigenvalue weighted by molar-refractivity contribution is -0.141. The van der Waals surface area contributed by atoms with Gasteiger partial charge in [-0.05, 0) is 32.8 Å². The lowest BCUT2D eigenvalue weighted by Crippen LogP contribution is -2.48. The molecule has 32 heavy (non-hydrogen) atoms. The zero-order valence-corrected chi connectivity index (χ0v) is 18.3. The van der Waals surface area contributed by atoms with Crippen LogP contribution in [0.15, 0.2) is 17.1 Å². The van der Waals surface area contributed by atoms with E-state index in [2.05, 4.69) is 15.6 Å². The van der Waals surface area contributed by atoms with Crippen LogP contribution in [0.1, 0.15) is 40.8 Å². The Morgan fingerprint density at radius 2 is 2.00 bits per heavy atom. The van der Waals surface area contributed by atoms with Crippen molar-refractivity contribution in [2.45, 2.75) is 70.6 Å². The van der Waals surface area contributed by atoms with Gasteiger partial charge in [-0.25, -0.2) is 9.59 Å². The van der Waals surface area contributed by atoms with Crippen LogP contribution in [0.25, 0.3) is 0 Å². The van der Waals surface area contributed by atoms with E-state index in [4.69, 9.17) is 14.6 Å². The molecule has 1 aliphatic heterocycles. The lowest BCUT2D eigenvalue weighted by atomic mass is 10.0. The number of halogens is 2. The van der Waals surface area contributed by atoms with Gasteiger partial charge < -0.3 is 30.3 Å². The molecule has 1 aromatic heterocycles. The molecule has 11 nitrogen and oxygen atoms in total. The number of alkyl halides is 2. The first-order valence-electron chi connectivity index (χ1n) is 9.89. The Hall–Kier alpha value is -2.64. The second-order valence-electron chi connectivity index (χ2n) is 8.69. The number of aliphatic hydroxyl groups is 2. The van der Waals surface area contributed by atoms with Gasteiger partial charge in [0.05, 0.1) is 6.61 Å². The number of nitrogens with one attached hydrogen (secondary N) is 2. The van der Waals surface area contributed by atoms with Crippen LogP contribution in [0.3, 0.4) is 0 Å². The second kappa shape index (κ2) is 9.46. The Morgan fingerprint density at radius 1 is 1.38 bits per heavy atom. The minimum Gasteiger partial charge on any atom is -0.444 e. The first kappa shape index (κ1) is 25.6. The molecule has 1 saturated heterocycles. The van der Waals surface area contributed by atoms with Crippen molar-refractivity contribution in [3.63, 3.8) is 0 Å². The van der Waals surface area contributed by atoms with Gasteiger partial charge in [0.25, 0.3) is 0 Å². The Labute approximate surface area is 182 Å². The Kier molecular flexibility index (Phi) is 7.58. The number of rotatable bonds is 6. The molecule has 0 spiro atoms. The summed E-state index contributed by atoms with van der Waals surface area (Å²) in [5.74, 6) is -5.16. The van der Waals surface area contributed by atoms with Crippen LogP contribution in [0, 0.1) is 5.92 Å². The molecule has 4 N–H and O–H groups in total. The van der Waals surface area contributed by atoms with Gasteiger partial charge in [-0.15, -0.1) is 0 Å². The summed E-state index contributed by atoms with van der Waals surface area (Å²) in [6.45, 7) is 7.47. The molecule has 1 aromatic rings. The molecule has 1 unspecified atom stereocenters. The summed E-state index contributed by atoms with van der Waals surface area (Å²) in [5.41, 5.74) is -1.96. The number of carbonyl (C=O) groups excluding carboxylic acids is 2. The normalized spacial score (nSPS) is 23.6. The number of carbonyl (C=O) groups is 2. The van der Waals surface area contributed by atoms with Crippen molar-refractivity contribution in [1.82, 2.24) is 14.9 Å². The zero-order valence-electron chi connectivity index (χ0n) is 18.3. The molecule has 1 fully saturated rings. The molecule has 2 heterocycles. The Bertz CT molecular complexity index is 900. The van der Waals surface area contributed by atoms with Gasteiger partial charge in [0.15, 0.2) is 6.10 Å². The Balaban J connectivity index is 2.16. The fourth-order valence-corrected chi connectivity index (χ4v) is 2.95. The molecule has 0 radical (unpaired) electrons. The van der Waals surface area contributed by atoms with Crippen molar-refractivity contribution in [1.29, 1.82) is 0 Å². The van der Waals surface area contributed by atoms with E-state index in [1.807, 2.05) is 0 Å². The van der Waals surface area contributed by atoms with E-state index in [1.165, 1.54) is 0 Å². The lowest BCUT2D eigenvalue weighted by Gasteiger charge is -2.25. The smallest absolute Gasteiger partial charge is 0.408 e. The standard InChI is InChI=1S/C19H28F2N4O7/c1-9(2)12(24-17(30)32-18(3,4)5)14(28)22-11-6-7-25(16(29)23-11)15-19(20,21)13(27)10(8-26)31-15/h6-7,9-10,12-13,15,26-27H,8H2,1-5H3,(H,24,30)(H,22,23,28,29)/t10-,12?,13-,15-/m1/s1. The highest BCUT2D eigenvalue weighted by atomic mass is 19.3. The highest BCUT2D eigenvalue weighted by Gasteiger charge is 2.59. The highest BCUT2D eigenvalue weighted by molar-refractivity contribution is 5.96. The maximum atomic E-state index is 14.3. The summed E-state index contributed by atoms with van der Waals surface area (Å²) in [5, 5.41) is 23.4. The van der Waals surface area contributed by atoms with Crippen molar-refractivity contribution in [2.75, 3.05) is 11.9 Å². The summed E-state index contributed by atoms with van der Waals surface area (Å²) in [7, 11) is 0. The topological polar surface area (TPSA) is 152 Å². The highest BCUT2D eigenvalue weighted by Crippen LogP contribution is 2.41. The number of aromatic nitrogens is 2. The maximum absolute atomic E-state index is 14.3. The van der Waals surface area contributed by atoms with Crippen molar-refractivity contribution in [2.24, 2.45) is 5.92 Å². The number of nitrogens with zero attached hydrogens (tertiary/aromatic N) is 2. The minimum atomic E-state index is -3.86. The number of hydrogen-bond acceptors (Lipinski definition) is 8. The number of hydrogen-bond donors (Lipinski definition) is 4. The third-order valence-electron chi connectivity index (χ3n) is 4.51. The summed E-state index contributed by atoms with van der Waals surface area (Å²) in [6, 6.07) is 0.0551. The third kappa shape index (κ3) is 5.78. The van der Waals surface area contributed by atoms with Gasteiger partial charge in [0.1, 0.15) is 23.6 Å². The van der Waals surface area contributed by atoms with Crippen LogP contribution in [-0.4, -0.2) is 68.1 Å². The van der Waals surface area contributed by atoms with Crippen molar-refractivity contribution < 1.29 is 38.1 Å². The van der Waals surface area contributed by atoms with Crippen LogP contribution in [0.4, 0.5) is 19.4 Å². The predicted molar refractivity (Wildman–Crippen MR) is 107 cm³/mol. The van der Waals surface area contributed by atoms with E-state index in [1.54, 1.807) is 34.6 Å². The van der Waals surface area contributed by atoms with E-state index >= 15 is 0 Å². The van der Waals surface area contributed by atoms with Crippen LogP contribution in [0.2, 0.25) is 0 Å². The molecule has 4 atom stereocenters. The predicted octanol–water partition coefficient (Wildman–Crippen LogP) is 0.617. The number of aliphatic hydroxyl groups excluding tert-OH is 2. The average Bonchev–Trinajstić information content (AvgIpc) is 2.87. The number of amides is 2. The third-order valence-corrected chi connectivity index (χ3v) is 4.51. The molecule has 13 heteroatoms. The quantitative estimate of drug-likeness (QED) is 0.480. The van der Waals surface area contributed by atoms with Crippen LogP contribution in [-0.2, 0) is 14.3 Å². The number of alkyl carbamates (subject to hydrolysis) is 1. The van der Waals surface area contributed by atoms with E-state index < -0.39 is 60.3 Å². The molecule has 0 bridgehead atoms. The van der Waals surface area contributed by atoms with Crippen LogP contribution in [0.5, 0.6) is 0 Å².